The molecule has 1 aromatic heterocycles. The minimum Gasteiger partial charge on any atom is -0.344 e. The van der Waals surface area contributed by atoms with E-state index in [0.29, 0.717) is 19.4 Å². The fourth-order valence-corrected chi connectivity index (χ4v) is 7.50. The van der Waals surface area contributed by atoms with Crippen molar-refractivity contribution < 1.29 is 33.2 Å². The largest absolute Gasteiger partial charge is 0.344 e. The fourth-order valence-electron chi connectivity index (χ4n) is 7.50. The van der Waals surface area contributed by atoms with Gasteiger partial charge in [-0.05, 0) is 43.4 Å². The van der Waals surface area contributed by atoms with E-state index in [-0.39, 0.29) is 18.0 Å². The fraction of sp³-hybridized carbons (Fsp3) is 0.706. The molecule has 1 aliphatic heterocycles. The van der Waals surface area contributed by atoms with Gasteiger partial charge in [0.1, 0.15) is 23.8 Å². The quantitative estimate of drug-likeness (QED) is 0.193. The summed E-state index contributed by atoms with van der Waals surface area (Å²) < 4.78 is 12.7. The van der Waals surface area contributed by atoms with Crippen LogP contribution in [-0.2, 0) is 24.0 Å². The second kappa shape index (κ2) is 16.0. The molecule has 3 fully saturated rings. The third-order valence-corrected chi connectivity index (χ3v) is 10.1. The zero-order valence-corrected chi connectivity index (χ0v) is 28.5. The van der Waals surface area contributed by atoms with Crippen LogP contribution in [0.3, 0.4) is 0 Å². The second-order valence-electron chi connectivity index (χ2n) is 14.5. The molecule has 4 rings (SSSR count). The minimum absolute atomic E-state index is 0.0767. The first-order valence-corrected chi connectivity index (χ1v) is 17.2. The molecule has 2 saturated carbocycles. The van der Waals surface area contributed by atoms with Crippen LogP contribution >= 0.6 is 0 Å². The van der Waals surface area contributed by atoms with E-state index in [1.54, 1.807) is 6.92 Å². The average molecular weight is 672 g/mol. The highest BCUT2D eigenvalue weighted by Crippen LogP contribution is 2.50. The monoisotopic (exact) mass is 671 g/mol. The number of carbonyl (C=O) groups is 6. The van der Waals surface area contributed by atoms with Gasteiger partial charge in [-0.25, -0.2) is 9.37 Å². The number of halogens is 1. The number of aromatic nitrogens is 2. The summed E-state index contributed by atoms with van der Waals surface area (Å²) >= 11 is 0. The van der Waals surface area contributed by atoms with Gasteiger partial charge in [0.15, 0.2) is 6.80 Å². The second-order valence-corrected chi connectivity index (χ2v) is 14.5. The minimum atomic E-state index is -1.21. The Bertz CT molecular complexity index is 1340. The van der Waals surface area contributed by atoms with E-state index in [1.807, 2.05) is 26.1 Å². The van der Waals surface area contributed by atoms with Crippen LogP contribution in [0, 0.1) is 16.7 Å². The van der Waals surface area contributed by atoms with Crippen molar-refractivity contribution in [3.05, 3.63) is 24.3 Å². The summed E-state index contributed by atoms with van der Waals surface area (Å²) in [6.07, 6.45) is 12.8. The normalized spacial score (nSPS) is 21.2. The summed E-state index contributed by atoms with van der Waals surface area (Å²) in [5, 5.41) is 10.3. The lowest BCUT2D eigenvalue weighted by molar-refractivity contribution is -0.173. The Morgan fingerprint density at radius 2 is 1.62 bits per heavy atom. The van der Waals surface area contributed by atoms with E-state index in [1.165, 1.54) is 23.5 Å². The van der Waals surface area contributed by atoms with Crippen molar-refractivity contribution in [2.75, 3.05) is 13.3 Å². The number of hydrogen-bond donors (Lipinski definition) is 4. The highest BCUT2D eigenvalue weighted by molar-refractivity contribution is 6.38. The van der Waals surface area contributed by atoms with Gasteiger partial charge in [-0.1, -0.05) is 66.2 Å². The average Bonchev–Trinajstić information content (AvgIpc) is 3.07. The molecule has 4 N–H and O–H groups in total. The van der Waals surface area contributed by atoms with Crippen molar-refractivity contribution in [1.82, 2.24) is 36.1 Å². The Kier molecular flexibility index (Phi) is 12.2. The van der Waals surface area contributed by atoms with Gasteiger partial charge >= 0.3 is 0 Å². The number of nitrogens with one attached hydrogen (secondary N) is 4. The zero-order valence-electron chi connectivity index (χ0n) is 28.5. The number of Topliss-reactive ketones (excluding diaryl/α,β-unsaturated/α-hetero) is 1. The summed E-state index contributed by atoms with van der Waals surface area (Å²) in [4.78, 5) is 89.8. The van der Waals surface area contributed by atoms with Crippen LogP contribution in [0.25, 0.3) is 0 Å². The number of alkyl halides is 1. The Balaban J connectivity index is 1.58. The van der Waals surface area contributed by atoms with Gasteiger partial charge in [-0.2, -0.15) is 0 Å². The van der Waals surface area contributed by atoms with Crippen molar-refractivity contribution in [3.8, 4) is 0 Å². The molecule has 264 valence electrons. The van der Waals surface area contributed by atoms with Crippen molar-refractivity contribution in [2.45, 2.75) is 122 Å². The molecule has 1 spiro atoms. The van der Waals surface area contributed by atoms with Gasteiger partial charge in [-0.3, -0.25) is 33.8 Å². The summed E-state index contributed by atoms with van der Waals surface area (Å²) in [5.74, 6) is -4.25. The summed E-state index contributed by atoms with van der Waals surface area (Å²) in [6.45, 7) is 6.20. The van der Waals surface area contributed by atoms with Crippen LogP contribution < -0.4 is 21.3 Å². The molecule has 1 saturated heterocycles. The van der Waals surface area contributed by atoms with Crippen LogP contribution in [0.15, 0.2) is 18.6 Å². The summed E-state index contributed by atoms with van der Waals surface area (Å²) in [7, 11) is 0. The Hall–Kier alpha value is -3.97. The van der Waals surface area contributed by atoms with E-state index in [2.05, 4.69) is 25.9 Å². The molecule has 2 unspecified atom stereocenters. The lowest BCUT2D eigenvalue weighted by Crippen LogP contribution is -2.75. The van der Waals surface area contributed by atoms with Gasteiger partial charge < -0.3 is 26.2 Å². The summed E-state index contributed by atoms with van der Waals surface area (Å²) in [6, 6.07) is -4.05. The molecule has 5 amide bonds. The van der Waals surface area contributed by atoms with E-state index in [9.17, 15) is 33.2 Å². The molecule has 1 aromatic rings. The van der Waals surface area contributed by atoms with E-state index >= 15 is 0 Å². The third-order valence-electron chi connectivity index (χ3n) is 10.1. The maximum Gasteiger partial charge on any atom is 0.291 e. The molecule has 0 bridgehead atoms. The first kappa shape index (κ1) is 36.9. The van der Waals surface area contributed by atoms with Crippen LogP contribution in [-0.4, -0.2) is 87.7 Å². The standard InChI is InChI=1S/C34H50FN7O6/c1-5-22(25(43)30(46)38-20-35)39-31(47)27-34(14-10-7-11-15-34)19-42(27)32(48)26(33(2,3)4)41-29(45)24(21-12-8-6-9-13-21)40-28(44)23-18-36-16-17-37-23/h16-18,21-22,24,26-27H,5-15,19-20H2,1-4H3,(H,38,46)(H,39,47)(H,40,44)(H,41,45)/t22?,24-,26+,27?/m0/s1. The molecular formula is C34H50FN7O6. The van der Waals surface area contributed by atoms with Crippen molar-refractivity contribution in [1.29, 1.82) is 0 Å². The highest BCUT2D eigenvalue weighted by Gasteiger charge is 2.59. The number of amides is 5. The van der Waals surface area contributed by atoms with Gasteiger partial charge in [0, 0.05) is 24.4 Å². The predicted molar refractivity (Wildman–Crippen MR) is 174 cm³/mol. The number of nitrogens with zero attached hydrogens (tertiary/aromatic N) is 3. The van der Waals surface area contributed by atoms with Gasteiger partial charge in [-0.15, -0.1) is 0 Å². The molecule has 0 aromatic carbocycles. The molecule has 13 nitrogen and oxygen atoms in total. The number of carbonyl (C=O) groups excluding carboxylic acids is 6. The predicted octanol–water partition coefficient (Wildman–Crippen LogP) is 2.35. The van der Waals surface area contributed by atoms with E-state index < -0.39 is 77.1 Å². The molecule has 14 heteroatoms. The molecule has 4 atom stereocenters. The first-order valence-electron chi connectivity index (χ1n) is 17.2. The Labute approximate surface area is 281 Å². The van der Waals surface area contributed by atoms with Crippen LogP contribution in [0.5, 0.6) is 0 Å². The van der Waals surface area contributed by atoms with Gasteiger partial charge in [0.2, 0.25) is 23.5 Å². The topological polar surface area (TPSA) is 180 Å². The molecule has 2 heterocycles. The molecule has 2 aliphatic carbocycles. The molecule has 3 aliphatic rings. The van der Waals surface area contributed by atoms with Crippen LogP contribution in [0.2, 0.25) is 0 Å². The van der Waals surface area contributed by atoms with E-state index in [4.69, 9.17) is 0 Å². The van der Waals surface area contributed by atoms with E-state index in [0.717, 1.165) is 51.4 Å². The maximum atomic E-state index is 14.4. The number of hydrogen-bond acceptors (Lipinski definition) is 8. The lowest BCUT2D eigenvalue weighted by atomic mass is 9.62. The first-order chi connectivity index (χ1) is 22.8. The van der Waals surface area contributed by atoms with Crippen LogP contribution in [0.1, 0.15) is 109 Å². The molecule has 48 heavy (non-hydrogen) atoms. The third kappa shape index (κ3) is 8.35. The lowest BCUT2D eigenvalue weighted by Gasteiger charge is -2.59. The van der Waals surface area contributed by atoms with Gasteiger partial charge in [0.05, 0.1) is 12.2 Å². The van der Waals surface area contributed by atoms with Crippen LogP contribution in [0.4, 0.5) is 4.39 Å². The van der Waals surface area contributed by atoms with Crippen molar-refractivity contribution in [3.63, 3.8) is 0 Å². The van der Waals surface area contributed by atoms with Crippen molar-refractivity contribution >= 4 is 35.3 Å². The molecule has 0 radical (unpaired) electrons. The Morgan fingerprint density at radius 1 is 0.958 bits per heavy atom. The number of rotatable bonds is 12. The summed E-state index contributed by atoms with van der Waals surface area (Å²) in [5.41, 5.74) is -1.20. The zero-order chi connectivity index (χ0) is 35.1. The smallest absolute Gasteiger partial charge is 0.291 e. The highest BCUT2D eigenvalue weighted by atomic mass is 19.1. The Morgan fingerprint density at radius 3 is 2.21 bits per heavy atom. The number of likely N-dealkylation sites (tertiary alicyclic amines) is 1. The molecular weight excluding hydrogens is 621 g/mol. The van der Waals surface area contributed by atoms with Crippen molar-refractivity contribution in [2.24, 2.45) is 16.7 Å². The van der Waals surface area contributed by atoms with Gasteiger partial charge in [0.25, 0.3) is 11.8 Å². The SMILES string of the molecule is CCC(NC(=O)C1N(C(=O)[C@@H](NC(=O)[C@@H](NC(=O)c2cnccn2)C2CCCCC2)C(C)(C)C)CC12CCCCC2)C(=O)C(=O)NCF. The maximum absolute atomic E-state index is 14.4. The number of ketones is 1.